The van der Waals surface area contributed by atoms with Gasteiger partial charge < -0.3 is 10.1 Å². The molecule has 1 aromatic rings. The molecule has 0 bridgehead atoms. The fraction of sp³-hybridized carbons (Fsp3) is 0.667. The second-order valence-electron chi connectivity index (χ2n) is 7.68. The lowest BCUT2D eigenvalue weighted by Gasteiger charge is -2.31. The Morgan fingerprint density at radius 3 is 2.40 bits per heavy atom. The molecule has 0 spiro atoms. The number of methoxy groups -OCH3 is 1. The van der Waals surface area contributed by atoms with Crippen molar-refractivity contribution in [3.63, 3.8) is 0 Å². The molecule has 1 aliphatic rings. The Labute approximate surface area is 156 Å². The van der Waals surface area contributed by atoms with Crippen LogP contribution in [0.25, 0.3) is 0 Å². The maximum atomic E-state index is 12.3. The summed E-state index contributed by atoms with van der Waals surface area (Å²) in [6, 6.07) is 5.56. The van der Waals surface area contributed by atoms with E-state index in [0.717, 1.165) is 43.7 Å². The lowest BCUT2D eigenvalue weighted by molar-refractivity contribution is 0.322. The van der Waals surface area contributed by atoms with E-state index < -0.39 is 14.8 Å². The van der Waals surface area contributed by atoms with E-state index in [1.165, 1.54) is 0 Å². The first-order chi connectivity index (χ1) is 11.6. The summed E-state index contributed by atoms with van der Waals surface area (Å²) in [5.41, 5.74) is 0.894. The van der Waals surface area contributed by atoms with Crippen LogP contribution >= 0.6 is 11.6 Å². The van der Waals surface area contributed by atoms with Crippen LogP contribution in [0.1, 0.15) is 46.5 Å². The van der Waals surface area contributed by atoms with Crippen molar-refractivity contribution in [2.24, 2.45) is 5.92 Å². The zero-order chi connectivity index (χ0) is 18.7. The molecule has 0 unspecified atom stereocenters. The second kappa shape index (κ2) is 8.14. The van der Waals surface area contributed by atoms with Gasteiger partial charge in [0.15, 0.2) is 0 Å². The largest absolute Gasteiger partial charge is 0.495 e. The fourth-order valence-corrected chi connectivity index (χ4v) is 4.15. The van der Waals surface area contributed by atoms with E-state index in [2.05, 4.69) is 10.0 Å². The average Bonchev–Trinajstić information content (AvgIpc) is 2.53. The average molecular weight is 389 g/mol. The summed E-state index contributed by atoms with van der Waals surface area (Å²) in [5.74, 6) is 1.29. The summed E-state index contributed by atoms with van der Waals surface area (Å²) in [6.45, 7) is 6.01. The van der Waals surface area contributed by atoms with Crippen LogP contribution in [-0.4, -0.2) is 32.9 Å². The summed E-state index contributed by atoms with van der Waals surface area (Å²) in [6.07, 6.45) is 3.73. The van der Waals surface area contributed by atoms with Crippen LogP contribution in [-0.2, 0) is 10.0 Å². The molecule has 0 saturated heterocycles. The van der Waals surface area contributed by atoms with E-state index in [0.29, 0.717) is 10.9 Å². The van der Waals surface area contributed by atoms with E-state index in [4.69, 9.17) is 16.3 Å². The van der Waals surface area contributed by atoms with Crippen molar-refractivity contribution in [3.05, 3.63) is 23.2 Å². The molecule has 5 nitrogen and oxygen atoms in total. The van der Waals surface area contributed by atoms with Gasteiger partial charge in [0, 0.05) is 17.6 Å². The minimum Gasteiger partial charge on any atom is -0.495 e. The van der Waals surface area contributed by atoms with Crippen molar-refractivity contribution in [1.82, 2.24) is 4.72 Å². The number of sulfonamides is 1. The number of anilines is 1. The zero-order valence-corrected chi connectivity index (χ0v) is 17.0. The Bertz CT molecular complexity index is 678. The van der Waals surface area contributed by atoms with Crippen LogP contribution in [0.5, 0.6) is 5.75 Å². The standard InChI is InChI=1S/C18H29ClN2O3S/c1-18(2,3)25(22,23)21-15-8-5-13(6-9-15)12-20-16-11-14(19)7-10-17(16)24-4/h7,10-11,13,15,20-21H,5-6,8-9,12H2,1-4H3/t13-,15-. The number of benzene rings is 1. The lowest BCUT2D eigenvalue weighted by atomic mass is 9.86. The van der Waals surface area contributed by atoms with Gasteiger partial charge in [-0.1, -0.05) is 11.6 Å². The Kier molecular flexibility index (Phi) is 6.62. The minimum atomic E-state index is -3.28. The van der Waals surface area contributed by atoms with Crippen LogP contribution in [0.4, 0.5) is 5.69 Å². The van der Waals surface area contributed by atoms with Gasteiger partial charge in [0.25, 0.3) is 0 Å². The highest BCUT2D eigenvalue weighted by Crippen LogP contribution is 2.30. The number of ether oxygens (including phenoxy) is 1. The number of rotatable bonds is 6. The number of hydrogen-bond donors (Lipinski definition) is 2. The molecule has 25 heavy (non-hydrogen) atoms. The van der Waals surface area contributed by atoms with Gasteiger partial charge in [-0.3, -0.25) is 0 Å². The van der Waals surface area contributed by atoms with Crippen LogP contribution in [0.15, 0.2) is 18.2 Å². The van der Waals surface area contributed by atoms with Crippen molar-refractivity contribution in [3.8, 4) is 5.75 Å². The Morgan fingerprint density at radius 1 is 1.20 bits per heavy atom. The van der Waals surface area contributed by atoms with Gasteiger partial charge in [0.05, 0.1) is 17.5 Å². The smallest absolute Gasteiger partial charge is 0.216 e. The SMILES string of the molecule is COc1ccc(Cl)cc1NC[C@H]1CC[C@H](NS(=O)(=O)C(C)(C)C)CC1. The van der Waals surface area contributed by atoms with E-state index >= 15 is 0 Å². The van der Waals surface area contributed by atoms with E-state index in [1.54, 1.807) is 33.9 Å². The molecule has 1 fully saturated rings. The van der Waals surface area contributed by atoms with Gasteiger partial charge in [-0.2, -0.15) is 0 Å². The molecule has 1 aromatic carbocycles. The van der Waals surface area contributed by atoms with Crippen molar-refractivity contribution >= 4 is 27.3 Å². The van der Waals surface area contributed by atoms with Gasteiger partial charge in [-0.15, -0.1) is 0 Å². The van der Waals surface area contributed by atoms with Crippen molar-refractivity contribution in [1.29, 1.82) is 0 Å². The van der Waals surface area contributed by atoms with E-state index in [1.807, 2.05) is 12.1 Å². The minimum absolute atomic E-state index is 0.0428. The topological polar surface area (TPSA) is 67.4 Å². The molecule has 2 N–H and O–H groups in total. The molecule has 1 saturated carbocycles. The molecular weight excluding hydrogens is 360 g/mol. The molecule has 142 valence electrons. The number of hydrogen-bond acceptors (Lipinski definition) is 4. The molecule has 2 rings (SSSR count). The van der Waals surface area contributed by atoms with Crippen molar-refractivity contribution < 1.29 is 13.2 Å². The Hall–Kier alpha value is -0.980. The Balaban J connectivity index is 1.84. The summed E-state index contributed by atoms with van der Waals surface area (Å²) in [7, 11) is -1.64. The van der Waals surface area contributed by atoms with Crippen molar-refractivity contribution in [2.45, 2.75) is 57.2 Å². The Morgan fingerprint density at radius 2 is 1.84 bits per heavy atom. The molecule has 0 atom stereocenters. The third-order valence-electron chi connectivity index (χ3n) is 4.72. The quantitative estimate of drug-likeness (QED) is 0.771. The summed E-state index contributed by atoms with van der Waals surface area (Å²) >= 11 is 6.05. The number of nitrogens with one attached hydrogen (secondary N) is 2. The highest BCUT2D eigenvalue weighted by Gasteiger charge is 2.32. The van der Waals surface area contributed by atoms with Crippen molar-refractivity contribution in [2.75, 3.05) is 19.0 Å². The van der Waals surface area contributed by atoms with Crippen LogP contribution in [0.2, 0.25) is 5.02 Å². The van der Waals surface area contributed by atoms with Gasteiger partial charge in [0.1, 0.15) is 5.75 Å². The molecule has 0 heterocycles. The van der Waals surface area contributed by atoms with Gasteiger partial charge in [0.2, 0.25) is 10.0 Å². The van der Waals surface area contributed by atoms with Crippen LogP contribution < -0.4 is 14.8 Å². The first-order valence-electron chi connectivity index (χ1n) is 8.71. The second-order valence-corrected chi connectivity index (χ2v) is 10.6. The monoisotopic (exact) mass is 388 g/mol. The van der Waals surface area contributed by atoms with E-state index in [9.17, 15) is 8.42 Å². The third-order valence-corrected chi connectivity index (χ3v) is 7.21. The number of halogens is 1. The maximum Gasteiger partial charge on any atom is 0.216 e. The summed E-state index contributed by atoms with van der Waals surface area (Å²) < 4.78 is 32.0. The maximum absolute atomic E-state index is 12.3. The van der Waals surface area contributed by atoms with Gasteiger partial charge >= 0.3 is 0 Å². The first-order valence-corrected chi connectivity index (χ1v) is 10.6. The molecule has 0 aliphatic heterocycles. The molecule has 0 amide bonds. The molecule has 7 heteroatoms. The predicted octanol–water partition coefficient (Wildman–Crippen LogP) is 4.04. The van der Waals surface area contributed by atoms with Gasteiger partial charge in [-0.25, -0.2) is 13.1 Å². The summed E-state index contributed by atoms with van der Waals surface area (Å²) in [5, 5.41) is 4.08. The van der Waals surface area contributed by atoms with Crippen LogP contribution in [0, 0.1) is 5.92 Å². The van der Waals surface area contributed by atoms with Crippen LogP contribution in [0.3, 0.4) is 0 Å². The molecule has 0 radical (unpaired) electrons. The highest BCUT2D eigenvalue weighted by atomic mass is 35.5. The fourth-order valence-electron chi connectivity index (χ4n) is 2.95. The lowest BCUT2D eigenvalue weighted by Crippen LogP contribution is -2.46. The van der Waals surface area contributed by atoms with E-state index in [-0.39, 0.29) is 6.04 Å². The molecular formula is C18H29ClN2O3S. The summed E-state index contributed by atoms with van der Waals surface area (Å²) in [4.78, 5) is 0. The normalized spacial score (nSPS) is 21.8. The molecule has 0 aromatic heterocycles. The van der Waals surface area contributed by atoms with Gasteiger partial charge in [-0.05, 0) is 70.6 Å². The third kappa shape index (κ3) is 5.50. The first kappa shape index (κ1) is 20.3. The highest BCUT2D eigenvalue weighted by molar-refractivity contribution is 7.90. The predicted molar refractivity (Wildman–Crippen MR) is 104 cm³/mol. The molecule has 1 aliphatic carbocycles. The zero-order valence-electron chi connectivity index (χ0n) is 15.4.